The van der Waals surface area contributed by atoms with Crippen molar-refractivity contribution in [2.75, 3.05) is 37.3 Å². The lowest BCUT2D eigenvalue weighted by molar-refractivity contribution is 0.247. The molecule has 0 atom stereocenters. The Bertz CT molecular complexity index is 1340. The molecule has 0 saturated carbocycles. The summed E-state index contributed by atoms with van der Waals surface area (Å²) in [7, 11) is -3.23. The largest absolute Gasteiger partial charge is 0.354 e. The molecule has 1 aliphatic heterocycles. The van der Waals surface area contributed by atoms with Crippen molar-refractivity contribution in [3.8, 4) is 11.1 Å². The average molecular weight is 464 g/mol. The van der Waals surface area contributed by atoms with Crippen LogP contribution < -0.4 is 4.90 Å². The number of para-hydroxylation sites is 1. The normalized spacial score (nSPS) is 15.3. The van der Waals surface area contributed by atoms with Gasteiger partial charge in [-0.05, 0) is 46.2 Å². The van der Waals surface area contributed by atoms with Gasteiger partial charge in [0.25, 0.3) is 0 Å². The lowest BCUT2D eigenvalue weighted by atomic mass is 10.0. The lowest BCUT2D eigenvalue weighted by Crippen LogP contribution is -2.46. The van der Waals surface area contributed by atoms with Gasteiger partial charge in [0.15, 0.2) is 9.84 Å². The molecule has 164 valence electrons. The minimum Gasteiger partial charge on any atom is -0.354 e. The van der Waals surface area contributed by atoms with Crippen molar-refractivity contribution in [1.82, 2.24) is 9.88 Å². The third-order valence-electron chi connectivity index (χ3n) is 6.00. The second-order valence-electron chi connectivity index (χ2n) is 8.20. The number of rotatable bonds is 5. The number of sulfone groups is 1. The van der Waals surface area contributed by atoms with E-state index in [4.69, 9.17) is 4.98 Å². The molecule has 0 radical (unpaired) electrons. The van der Waals surface area contributed by atoms with E-state index in [0.717, 1.165) is 48.5 Å². The Morgan fingerprint density at radius 2 is 1.75 bits per heavy atom. The van der Waals surface area contributed by atoms with Gasteiger partial charge in [0, 0.05) is 49.9 Å². The Balaban J connectivity index is 1.33. The first-order valence-electron chi connectivity index (χ1n) is 10.7. The zero-order valence-corrected chi connectivity index (χ0v) is 19.6. The molecule has 4 aromatic rings. The van der Waals surface area contributed by atoms with Gasteiger partial charge in [-0.15, -0.1) is 0 Å². The van der Waals surface area contributed by atoms with Crippen LogP contribution in [0, 0.1) is 0 Å². The zero-order chi connectivity index (χ0) is 22.1. The fourth-order valence-electron chi connectivity index (χ4n) is 4.34. The summed E-state index contributed by atoms with van der Waals surface area (Å²) >= 11 is 1.70. The molecular formula is C25H25N3O2S2. The summed E-state index contributed by atoms with van der Waals surface area (Å²) in [5.41, 5.74) is 4.28. The van der Waals surface area contributed by atoms with E-state index in [9.17, 15) is 8.42 Å². The smallest absolute Gasteiger partial charge is 0.175 e. The first-order valence-corrected chi connectivity index (χ1v) is 13.5. The molecular weight excluding hydrogens is 438 g/mol. The van der Waals surface area contributed by atoms with Crippen molar-refractivity contribution in [2.45, 2.75) is 11.4 Å². The number of aromatic nitrogens is 1. The predicted molar refractivity (Wildman–Crippen MR) is 132 cm³/mol. The van der Waals surface area contributed by atoms with Crippen LogP contribution in [0.1, 0.15) is 5.56 Å². The Morgan fingerprint density at radius 1 is 0.938 bits per heavy atom. The number of thiophene rings is 1. The molecule has 2 aromatic heterocycles. The van der Waals surface area contributed by atoms with Crippen LogP contribution in [-0.2, 0) is 16.4 Å². The maximum atomic E-state index is 12.1. The monoisotopic (exact) mass is 463 g/mol. The maximum absolute atomic E-state index is 12.1. The highest BCUT2D eigenvalue weighted by Crippen LogP contribution is 2.30. The number of pyridine rings is 1. The van der Waals surface area contributed by atoms with E-state index in [1.54, 1.807) is 23.5 Å². The van der Waals surface area contributed by atoms with E-state index >= 15 is 0 Å². The van der Waals surface area contributed by atoms with Gasteiger partial charge >= 0.3 is 0 Å². The highest BCUT2D eigenvalue weighted by Gasteiger charge is 2.21. The summed E-state index contributed by atoms with van der Waals surface area (Å²) in [5.74, 6) is 0.997. The molecule has 0 bridgehead atoms. The van der Waals surface area contributed by atoms with Gasteiger partial charge in [-0.1, -0.05) is 36.4 Å². The number of nitrogens with zero attached hydrogens (tertiary/aromatic N) is 3. The van der Waals surface area contributed by atoms with Gasteiger partial charge in [-0.25, -0.2) is 13.4 Å². The van der Waals surface area contributed by atoms with Crippen LogP contribution in [0.3, 0.4) is 0 Å². The summed E-state index contributed by atoms with van der Waals surface area (Å²) in [6.45, 7) is 4.10. The van der Waals surface area contributed by atoms with Gasteiger partial charge in [-0.2, -0.15) is 11.3 Å². The molecule has 32 heavy (non-hydrogen) atoms. The molecule has 0 N–H and O–H groups in total. The van der Waals surface area contributed by atoms with Crippen molar-refractivity contribution < 1.29 is 8.42 Å². The summed E-state index contributed by atoms with van der Waals surface area (Å²) in [5, 5.41) is 5.41. The van der Waals surface area contributed by atoms with Crippen LogP contribution in [0.15, 0.2) is 76.3 Å². The first-order chi connectivity index (χ1) is 15.5. The van der Waals surface area contributed by atoms with E-state index < -0.39 is 9.84 Å². The molecule has 2 aromatic carbocycles. The summed E-state index contributed by atoms with van der Waals surface area (Å²) in [6.07, 6.45) is 1.28. The third kappa shape index (κ3) is 4.28. The zero-order valence-electron chi connectivity index (χ0n) is 17.9. The molecule has 0 unspecified atom stereocenters. The quantitative estimate of drug-likeness (QED) is 0.430. The summed E-state index contributed by atoms with van der Waals surface area (Å²) < 4.78 is 24.2. The minimum atomic E-state index is -3.23. The van der Waals surface area contributed by atoms with E-state index in [1.165, 1.54) is 17.4 Å². The Morgan fingerprint density at radius 3 is 2.50 bits per heavy atom. The van der Waals surface area contributed by atoms with Crippen LogP contribution in [-0.4, -0.2) is 50.7 Å². The van der Waals surface area contributed by atoms with E-state index in [1.807, 2.05) is 12.1 Å². The highest BCUT2D eigenvalue weighted by molar-refractivity contribution is 7.90. The van der Waals surface area contributed by atoms with Gasteiger partial charge in [0.1, 0.15) is 5.82 Å². The van der Waals surface area contributed by atoms with Gasteiger partial charge in [0.05, 0.1) is 10.4 Å². The van der Waals surface area contributed by atoms with Gasteiger partial charge in [-0.3, -0.25) is 4.90 Å². The van der Waals surface area contributed by atoms with Crippen molar-refractivity contribution in [3.05, 3.63) is 77.0 Å². The Hall–Kier alpha value is -2.74. The number of anilines is 1. The Kier molecular flexibility index (Phi) is 5.71. The van der Waals surface area contributed by atoms with Crippen molar-refractivity contribution in [2.24, 2.45) is 0 Å². The first kappa shape index (κ1) is 21.1. The van der Waals surface area contributed by atoms with Crippen molar-refractivity contribution >= 4 is 37.9 Å². The molecule has 0 aliphatic carbocycles. The number of fused-ring (bicyclic) bond motifs is 1. The second-order valence-corrected chi connectivity index (χ2v) is 11.0. The molecule has 5 nitrogen and oxygen atoms in total. The Labute approximate surface area is 192 Å². The minimum absolute atomic E-state index is 0.430. The number of hydrogen-bond donors (Lipinski definition) is 0. The maximum Gasteiger partial charge on any atom is 0.175 e. The fourth-order valence-corrected chi connectivity index (χ4v) is 5.93. The molecule has 0 spiro atoms. The molecule has 0 amide bonds. The van der Waals surface area contributed by atoms with Crippen molar-refractivity contribution in [3.63, 3.8) is 0 Å². The fraction of sp³-hybridized carbons (Fsp3) is 0.240. The molecule has 5 rings (SSSR count). The average Bonchev–Trinajstić information content (AvgIpc) is 3.33. The van der Waals surface area contributed by atoms with Crippen LogP contribution in [0.25, 0.3) is 22.0 Å². The second kappa shape index (κ2) is 8.65. The van der Waals surface area contributed by atoms with Crippen LogP contribution >= 0.6 is 11.3 Å². The topological polar surface area (TPSA) is 53.5 Å². The van der Waals surface area contributed by atoms with Crippen LogP contribution in [0.2, 0.25) is 0 Å². The standard InChI is InChI=1S/C25H25N3O2S2/c1-32(29,30)23-8-3-2-5-20(23)17-27-12-14-28(15-13-27)24-10-9-19-6-4-7-22(25(19)26-24)21-11-16-31-18-21/h2-11,16,18H,12-15,17H2,1H3. The number of hydrogen-bond acceptors (Lipinski definition) is 6. The van der Waals surface area contributed by atoms with Crippen molar-refractivity contribution in [1.29, 1.82) is 0 Å². The summed E-state index contributed by atoms with van der Waals surface area (Å²) in [4.78, 5) is 10.1. The van der Waals surface area contributed by atoms with E-state index in [0.29, 0.717) is 11.4 Å². The van der Waals surface area contributed by atoms with Gasteiger partial charge in [0.2, 0.25) is 0 Å². The highest BCUT2D eigenvalue weighted by atomic mass is 32.2. The predicted octanol–water partition coefficient (Wildman–Crippen LogP) is 4.69. The van der Waals surface area contributed by atoms with E-state index in [-0.39, 0.29) is 0 Å². The number of benzene rings is 2. The SMILES string of the molecule is CS(=O)(=O)c1ccccc1CN1CCN(c2ccc3cccc(-c4ccsc4)c3n2)CC1. The van der Waals surface area contributed by atoms with E-state index in [2.05, 4.69) is 57.0 Å². The molecule has 1 saturated heterocycles. The lowest BCUT2D eigenvalue weighted by Gasteiger charge is -2.35. The molecule has 7 heteroatoms. The van der Waals surface area contributed by atoms with Gasteiger partial charge < -0.3 is 4.90 Å². The molecule has 1 fully saturated rings. The molecule has 3 heterocycles. The van der Waals surface area contributed by atoms with Crippen LogP contribution in [0.4, 0.5) is 5.82 Å². The van der Waals surface area contributed by atoms with Crippen LogP contribution in [0.5, 0.6) is 0 Å². The molecule has 1 aliphatic rings. The third-order valence-corrected chi connectivity index (χ3v) is 7.88. The number of piperazine rings is 1. The summed E-state index contributed by atoms with van der Waals surface area (Å²) in [6, 6.07) is 20.0.